The van der Waals surface area contributed by atoms with Gasteiger partial charge in [-0.05, 0) is 63.1 Å². The van der Waals surface area contributed by atoms with Gasteiger partial charge in [0.2, 0.25) is 5.91 Å². The summed E-state index contributed by atoms with van der Waals surface area (Å²) < 4.78 is 11.0. The van der Waals surface area contributed by atoms with Gasteiger partial charge in [0, 0.05) is 39.6 Å². The van der Waals surface area contributed by atoms with E-state index in [9.17, 15) is 4.79 Å². The van der Waals surface area contributed by atoms with Crippen molar-refractivity contribution in [3.05, 3.63) is 23.8 Å². The molecule has 7 heteroatoms. The lowest BCUT2D eigenvalue weighted by Crippen LogP contribution is -2.46. The van der Waals surface area contributed by atoms with Crippen molar-refractivity contribution < 1.29 is 14.3 Å². The average Bonchev–Trinajstić information content (AvgIpc) is 2.77. The summed E-state index contributed by atoms with van der Waals surface area (Å²) in [5, 5.41) is 6.15. The zero-order valence-electron chi connectivity index (χ0n) is 19.0. The number of guanidine groups is 1. The second-order valence-electron chi connectivity index (χ2n) is 7.57. The van der Waals surface area contributed by atoms with Gasteiger partial charge in [-0.15, -0.1) is 0 Å². The number of rotatable bonds is 10. The van der Waals surface area contributed by atoms with Crippen LogP contribution < -0.4 is 20.1 Å². The monoisotopic (exact) mass is 418 g/mol. The third kappa shape index (κ3) is 7.43. The van der Waals surface area contributed by atoms with Crippen LogP contribution in [-0.4, -0.2) is 63.7 Å². The first-order valence-electron chi connectivity index (χ1n) is 11.1. The van der Waals surface area contributed by atoms with Crippen molar-refractivity contribution in [2.45, 2.75) is 46.0 Å². The van der Waals surface area contributed by atoms with Gasteiger partial charge < -0.3 is 25.0 Å². The predicted octanol–water partition coefficient (Wildman–Crippen LogP) is 2.84. The fraction of sp³-hybridized carbons (Fsp3) is 0.652. The molecule has 1 aromatic carbocycles. The maximum Gasteiger partial charge on any atom is 0.220 e. The number of carbonyl (C=O) groups excluding carboxylic acids is 1. The number of hydrogen-bond donors (Lipinski definition) is 2. The molecule has 0 aliphatic carbocycles. The Kier molecular flexibility index (Phi) is 10.3. The standard InChI is InChI=1S/C23H38N4O3/c1-5-25-23(27-14-11-19(12-15-27)17-22(28)24-3)26-13-7-8-18-9-10-20(29-4)21(16-18)30-6-2/h9-10,16,19H,5-8,11-15,17H2,1-4H3,(H,24,28)(H,25,26). The van der Waals surface area contributed by atoms with E-state index in [1.165, 1.54) is 5.56 Å². The second-order valence-corrected chi connectivity index (χ2v) is 7.57. The molecule has 1 saturated heterocycles. The zero-order chi connectivity index (χ0) is 21.8. The Balaban J connectivity index is 1.85. The molecular weight excluding hydrogens is 380 g/mol. The molecule has 0 radical (unpaired) electrons. The topological polar surface area (TPSA) is 75.2 Å². The molecule has 0 aromatic heterocycles. The number of methoxy groups -OCH3 is 1. The van der Waals surface area contributed by atoms with E-state index in [0.29, 0.717) is 18.9 Å². The molecule has 1 aliphatic heterocycles. The Morgan fingerprint density at radius 3 is 2.63 bits per heavy atom. The normalized spacial score (nSPS) is 15.1. The third-order valence-corrected chi connectivity index (χ3v) is 5.41. The van der Waals surface area contributed by atoms with Gasteiger partial charge in [0.15, 0.2) is 17.5 Å². The maximum absolute atomic E-state index is 11.6. The first-order chi connectivity index (χ1) is 14.6. The number of nitrogens with one attached hydrogen (secondary N) is 2. The van der Waals surface area contributed by atoms with Gasteiger partial charge in [-0.25, -0.2) is 0 Å². The molecule has 1 aliphatic rings. The van der Waals surface area contributed by atoms with Crippen LogP contribution in [0.15, 0.2) is 23.2 Å². The molecule has 0 saturated carbocycles. The van der Waals surface area contributed by atoms with E-state index in [2.05, 4.69) is 34.6 Å². The SMILES string of the molecule is CCNC(=NCCCc1ccc(OC)c(OCC)c1)N1CCC(CC(=O)NC)CC1. The summed E-state index contributed by atoms with van der Waals surface area (Å²) in [6.07, 6.45) is 4.61. The van der Waals surface area contributed by atoms with Crippen LogP contribution in [0.2, 0.25) is 0 Å². The fourth-order valence-corrected chi connectivity index (χ4v) is 3.75. The molecule has 2 N–H and O–H groups in total. The Labute approximate surface area is 181 Å². The molecule has 0 unspecified atom stereocenters. The van der Waals surface area contributed by atoms with Crippen LogP contribution in [0, 0.1) is 5.92 Å². The summed E-state index contributed by atoms with van der Waals surface area (Å²) in [7, 11) is 3.37. The van der Waals surface area contributed by atoms with Crippen LogP contribution in [0.25, 0.3) is 0 Å². The first-order valence-corrected chi connectivity index (χ1v) is 11.1. The number of likely N-dealkylation sites (tertiary alicyclic amines) is 1. The zero-order valence-corrected chi connectivity index (χ0v) is 19.0. The number of benzene rings is 1. The minimum Gasteiger partial charge on any atom is -0.493 e. The van der Waals surface area contributed by atoms with Crippen molar-refractivity contribution in [2.24, 2.45) is 10.9 Å². The average molecular weight is 419 g/mol. The van der Waals surface area contributed by atoms with Crippen molar-refractivity contribution in [1.29, 1.82) is 0 Å². The lowest BCUT2D eigenvalue weighted by molar-refractivity contribution is -0.121. The molecule has 0 bridgehead atoms. The minimum atomic E-state index is 0.139. The number of carbonyl (C=O) groups is 1. The number of ether oxygens (including phenoxy) is 2. The Hall–Kier alpha value is -2.44. The second kappa shape index (κ2) is 13.0. The lowest BCUT2D eigenvalue weighted by Gasteiger charge is -2.34. The van der Waals surface area contributed by atoms with Crippen LogP contribution in [-0.2, 0) is 11.2 Å². The van der Waals surface area contributed by atoms with Crippen molar-refractivity contribution in [3.63, 3.8) is 0 Å². The Bertz CT molecular complexity index is 685. The van der Waals surface area contributed by atoms with Crippen molar-refractivity contribution in [3.8, 4) is 11.5 Å². The molecular formula is C23H38N4O3. The summed E-state index contributed by atoms with van der Waals surface area (Å²) in [5.74, 6) is 3.17. The van der Waals surface area contributed by atoms with Gasteiger partial charge in [-0.2, -0.15) is 0 Å². The van der Waals surface area contributed by atoms with E-state index in [4.69, 9.17) is 14.5 Å². The highest BCUT2D eigenvalue weighted by Crippen LogP contribution is 2.28. The molecule has 0 atom stereocenters. The number of nitrogens with zero attached hydrogens (tertiary/aromatic N) is 2. The molecule has 30 heavy (non-hydrogen) atoms. The van der Waals surface area contributed by atoms with Crippen LogP contribution in [0.3, 0.4) is 0 Å². The number of amides is 1. The Morgan fingerprint density at radius 2 is 2.00 bits per heavy atom. The molecule has 1 amide bonds. The smallest absolute Gasteiger partial charge is 0.220 e. The number of hydrogen-bond acceptors (Lipinski definition) is 4. The van der Waals surface area contributed by atoms with Gasteiger partial charge in [0.1, 0.15) is 0 Å². The number of aliphatic imine (C=N–C) groups is 1. The summed E-state index contributed by atoms with van der Waals surface area (Å²) in [5.41, 5.74) is 1.23. The molecule has 1 heterocycles. The van der Waals surface area contributed by atoms with Gasteiger partial charge in [0.05, 0.1) is 13.7 Å². The van der Waals surface area contributed by atoms with E-state index in [0.717, 1.165) is 69.3 Å². The fourth-order valence-electron chi connectivity index (χ4n) is 3.75. The van der Waals surface area contributed by atoms with Gasteiger partial charge >= 0.3 is 0 Å². The highest BCUT2D eigenvalue weighted by atomic mass is 16.5. The molecule has 0 spiro atoms. The third-order valence-electron chi connectivity index (χ3n) is 5.41. The highest BCUT2D eigenvalue weighted by molar-refractivity contribution is 5.80. The maximum atomic E-state index is 11.6. The highest BCUT2D eigenvalue weighted by Gasteiger charge is 2.23. The minimum absolute atomic E-state index is 0.139. The number of piperidine rings is 1. The molecule has 168 valence electrons. The molecule has 1 aromatic rings. The van der Waals surface area contributed by atoms with Crippen LogP contribution in [0.5, 0.6) is 11.5 Å². The van der Waals surface area contributed by atoms with Crippen molar-refractivity contribution >= 4 is 11.9 Å². The van der Waals surface area contributed by atoms with Gasteiger partial charge in [-0.1, -0.05) is 6.07 Å². The van der Waals surface area contributed by atoms with E-state index < -0.39 is 0 Å². The van der Waals surface area contributed by atoms with Gasteiger partial charge in [-0.3, -0.25) is 9.79 Å². The first kappa shape index (κ1) is 23.8. The summed E-state index contributed by atoms with van der Waals surface area (Å²) >= 11 is 0. The lowest BCUT2D eigenvalue weighted by atomic mass is 9.93. The van der Waals surface area contributed by atoms with E-state index in [1.807, 2.05) is 13.0 Å². The quantitative estimate of drug-likeness (QED) is 0.347. The summed E-state index contributed by atoms with van der Waals surface area (Å²) in [4.78, 5) is 18.8. The molecule has 7 nitrogen and oxygen atoms in total. The largest absolute Gasteiger partial charge is 0.493 e. The van der Waals surface area contributed by atoms with Gasteiger partial charge in [0.25, 0.3) is 0 Å². The molecule has 1 fully saturated rings. The summed E-state index contributed by atoms with van der Waals surface area (Å²) in [6, 6.07) is 6.12. The van der Waals surface area contributed by atoms with E-state index in [1.54, 1.807) is 14.2 Å². The van der Waals surface area contributed by atoms with Crippen molar-refractivity contribution in [2.75, 3.05) is 46.9 Å². The van der Waals surface area contributed by atoms with Crippen LogP contribution in [0.1, 0.15) is 45.1 Å². The van der Waals surface area contributed by atoms with Crippen LogP contribution in [0.4, 0.5) is 0 Å². The molecule has 2 rings (SSSR count). The van der Waals surface area contributed by atoms with E-state index in [-0.39, 0.29) is 5.91 Å². The summed E-state index contributed by atoms with van der Waals surface area (Å²) in [6.45, 7) is 8.22. The Morgan fingerprint density at radius 1 is 1.23 bits per heavy atom. The van der Waals surface area contributed by atoms with E-state index >= 15 is 0 Å². The predicted molar refractivity (Wildman–Crippen MR) is 121 cm³/mol. The van der Waals surface area contributed by atoms with Crippen LogP contribution >= 0.6 is 0 Å². The van der Waals surface area contributed by atoms with Crippen molar-refractivity contribution in [1.82, 2.24) is 15.5 Å². The number of aryl methyl sites for hydroxylation is 1.